The number of aromatic nitrogens is 1. The van der Waals surface area contributed by atoms with Crippen molar-refractivity contribution in [3.05, 3.63) is 30.1 Å². The fraction of sp³-hybridized carbons (Fsp3) is 0.654. The van der Waals surface area contributed by atoms with Gasteiger partial charge in [-0.15, -0.1) is 0 Å². The molecule has 204 valence electrons. The molecule has 1 saturated heterocycles. The molecule has 2 atom stereocenters. The van der Waals surface area contributed by atoms with Crippen molar-refractivity contribution in [1.29, 1.82) is 0 Å². The lowest BCUT2D eigenvalue weighted by Gasteiger charge is -2.25. The van der Waals surface area contributed by atoms with Gasteiger partial charge in [-0.1, -0.05) is 40.7 Å². The van der Waals surface area contributed by atoms with Gasteiger partial charge in [0.1, 0.15) is 0 Å². The van der Waals surface area contributed by atoms with Gasteiger partial charge in [-0.3, -0.25) is 19.4 Å². The summed E-state index contributed by atoms with van der Waals surface area (Å²) in [4.78, 5) is 52.3. The lowest BCUT2D eigenvalue weighted by atomic mass is 10.1. The van der Waals surface area contributed by atoms with Gasteiger partial charge in [0, 0.05) is 58.3 Å². The molecule has 0 bridgehead atoms. The normalized spacial score (nSPS) is 13.7. The van der Waals surface area contributed by atoms with E-state index in [0.717, 1.165) is 31.6 Å². The van der Waals surface area contributed by atoms with Crippen LogP contribution in [-0.2, 0) is 35.0 Å². The van der Waals surface area contributed by atoms with Gasteiger partial charge in [0.2, 0.25) is 6.29 Å². The van der Waals surface area contributed by atoms with Crippen molar-refractivity contribution >= 4 is 24.4 Å². The van der Waals surface area contributed by atoms with Gasteiger partial charge >= 0.3 is 12.1 Å². The van der Waals surface area contributed by atoms with E-state index in [4.69, 9.17) is 9.47 Å². The van der Waals surface area contributed by atoms with E-state index in [1.54, 1.807) is 25.1 Å². The van der Waals surface area contributed by atoms with E-state index in [0.29, 0.717) is 19.4 Å². The average Bonchev–Trinajstić information content (AvgIpc) is 3.42. The molecule has 0 aromatic carbocycles. The Morgan fingerprint density at radius 1 is 1.11 bits per heavy atom. The van der Waals surface area contributed by atoms with Gasteiger partial charge in [-0.05, 0) is 30.9 Å². The maximum Gasteiger partial charge on any atom is 0.412 e. The molecule has 0 N–H and O–H groups in total. The quantitative estimate of drug-likeness (QED) is 0.266. The van der Waals surface area contributed by atoms with Gasteiger partial charge in [-0.25, -0.2) is 4.79 Å². The summed E-state index contributed by atoms with van der Waals surface area (Å²) in [5, 5.41) is 0. The summed E-state index contributed by atoms with van der Waals surface area (Å²) >= 11 is 0. The van der Waals surface area contributed by atoms with Gasteiger partial charge in [0.15, 0.2) is 6.10 Å². The number of likely N-dealkylation sites (tertiary alicyclic amines) is 1. The Bertz CT molecular complexity index is 768. The predicted octanol–water partition coefficient (Wildman–Crippen LogP) is 3.82. The zero-order chi connectivity index (χ0) is 27.5. The molecule has 1 aliphatic rings. The Morgan fingerprint density at radius 3 is 2.25 bits per heavy atom. The summed E-state index contributed by atoms with van der Waals surface area (Å²) < 4.78 is 14.5. The highest BCUT2D eigenvalue weighted by molar-refractivity contribution is 5.84. The smallest absolute Gasteiger partial charge is 0.412 e. The van der Waals surface area contributed by atoms with Crippen molar-refractivity contribution in [3.63, 3.8) is 0 Å². The monoisotopic (exact) mass is 509 g/mol. The fourth-order valence-electron chi connectivity index (χ4n) is 3.07. The van der Waals surface area contributed by atoms with Crippen LogP contribution < -0.4 is 0 Å². The summed E-state index contributed by atoms with van der Waals surface area (Å²) in [6.45, 7) is 13.3. The highest BCUT2D eigenvalue weighted by Crippen LogP contribution is 2.16. The Morgan fingerprint density at radius 2 is 1.75 bits per heavy atom. The third-order valence-corrected chi connectivity index (χ3v) is 5.07. The van der Waals surface area contributed by atoms with Crippen LogP contribution >= 0.6 is 0 Å². The molecule has 0 spiro atoms. The molecule has 2 unspecified atom stereocenters. The number of rotatable bonds is 10. The van der Waals surface area contributed by atoms with Crippen molar-refractivity contribution < 1.29 is 33.4 Å². The van der Waals surface area contributed by atoms with E-state index in [9.17, 15) is 19.2 Å². The lowest BCUT2D eigenvalue weighted by molar-refractivity contribution is -0.162. The molecule has 36 heavy (non-hydrogen) atoms. The van der Waals surface area contributed by atoms with E-state index < -0.39 is 18.5 Å². The van der Waals surface area contributed by atoms with Gasteiger partial charge in [0.05, 0.1) is 0 Å². The van der Waals surface area contributed by atoms with Crippen LogP contribution in [0.3, 0.4) is 0 Å². The van der Waals surface area contributed by atoms with Crippen molar-refractivity contribution in [2.24, 2.45) is 5.92 Å². The topological polar surface area (TPSA) is 115 Å². The second kappa shape index (κ2) is 19.1. The fourth-order valence-corrected chi connectivity index (χ4v) is 3.07. The number of hydrogen-bond acceptors (Lipinski definition) is 8. The van der Waals surface area contributed by atoms with Crippen molar-refractivity contribution in [2.45, 2.75) is 79.6 Å². The first-order valence-electron chi connectivity index (χ1n) is 12.6. The first-order chi connectivity index (χ1) is 17.2. The number of ether oxygens (including phenoxy) is 3. The number of esters is 1. The van der Waals surface area contributed by atoms with E-state index in [-0.39, 0.29) is 24.3 Å². The summed E-state index contributed by atoms with van der Waals surface area (Å²) in [5.74, 6) is -0.302. The summed E-state index contributed by atoms with van der Waals surface area (Å²) in [6.07, 6.45) is 2.73. The van der Waals surface area contributed by atoms with Gasteiger partial charge in [0.25, 0.3) is 12.4 Å². The van der Waals surface area contributed by atoms with E-state index >= 15 is 0 Å². The molecule has 1 aromatic rings. The third kappa shape index (κ3) is 13.1. The largest absolute Gasteiger partial charge is 0.452 e. The molecule has 1 aromatic heterocycles. The van der Waals surface area contributed by atoms with Crippen LogP contribution in [-0.4, -0.2) is 78.3 Å². The molecule has 0 saturated carbocycles. The summed E-state index contributed by atoms with van der Waals surface area (Å²) in [5.41, 5.74) is 0.898. The molecule has 2 amide bonds. The number of carbonyl (C=O) groups excluding carboxylic acids is 4. The Balaban J connectivity index is 0.000000640. The van der Waals surface area contributed by atoms with Crippen LogP contribution in [0.2, 0.25) is 0 Å². The number of likely N-dealkylation sites (N-methyl/N-ethyl adjacent to an activating group) is 1. The first-order valence-corrected chi connectivity index (χ1v) is 12.6. The first kappa shape index (κ1) is 32.8. The molecular formula is C26H43N3O7. The van der Waals surface area contributed by atoms with Crippen molar-refractivity contribution in [1.82, 2.24) is 14.8 Å². The molecule has 10 heteroatoms. The van der Waals surface area contributed by atoms with Crippen LogP contribution in [0.15, 0.2) is 24.4 Å². The Kier molecular flexibility index (Phi) is 17.4. The molecule has 10 nitrogen and oxygen atoms in total. The highest BCUT2D eigenvalue weighted by Gasteiger charge is 2.31. The number of pyridine rings is 1. The molecule has 1 aliphatic heterocycles. The van der Waals surface area contributed by atoms with Crippen LogP contribution in [0.5, 0.6) is 0 Å². The van der Waals surface area contributed by atoms with E-state index in [2.05, 4.69) is 9.72 Å². The number of carbonyl (C=O) groups is 4. The molecule has 1 fully saturated rings. The number of nitrogens with zero attached hydrogens (tertiary/aromatic N) is 3. The van der Waals surface area contributed by atoms with E-state index in [1.165, 1.54) is 11.8 Å². The zero-order valence-electron chi connectivity index (χ0n) is 22.8. The second-order valence-electron chi connectivity index (χ2n) is 8.22. The SMILES string of the molecule is CC.CC(OC=O)OC(=O)N(C)CCc1ccccn1.CCC(=O)OC(C(=O)N1CCCC1)C(C)C. The van der Waals surface area contributed by atoms with Gasteiger partial charge < -0.3 is 24.0 Å². The molecule has 0 radical (unpaired) electrons. The van der Waals surface area contributed by atoms with Crippen LogP contribution in [0.4, 0.5) is 4.79 Å². The van der Waals surface area contributed by atoms with Crippen molar-refractivity contribution in [2.75, 3.05) is 26.7 Å². The summed E-state index contributed by atoms with van der Waals surface area (Å²) in [6, 6.07) is 5.61. The minimum Gasteiger partial charge on any atom is -0.452 e. The second-order valence-corrected chi connectivity index (χ2v) is 8.22. The molecule has 0 aliphatic carbocycles. The van der Waals surface area contributed by atoms with Gasteiger partial charge in [-0.2, -0.15) is 0 Å². The van der Waals surface area contributed by atoms with Crippen LogP contribution in [0.1, 0.15) is 66.5 Å². The maximum atomic E-state index is 12.1. The zero-order valence-corrected chi connectivity index (χ0v) is 22.8. The molecular weight excluding hydrogens is 466 g/mol. The van der Waals surface area contributed by atoms with Crippen LogP contribution in [0.25, 0.3) is 0 Å². The Labute approximate surface area is 215 Å². The lowest BCUT2D eigenvalue weighted by Crippen LogP contribution is -2.42. The van der Waals surface area contributed by atoms with Crippen LogP contribution in [0, 0.1) is 5.92 Å². The highest BCUT2D eigenvalue weighted by atomic mass is 16.7. The predicted molar refractivity (Wildman–Crippen MR) is 136 cm³/mol. The van der Waals surface area contributed by atoms with E-state index in [1.807, 2.05) is 45.9 Å². The Hall–Kier alpha value is -3.17. The minimum absolute atomic E-state index is 0.0311. The minimum atomic E-state index is -0.882. The third-order valence-electron chi connectivity index (χ3n) is 5.07. The van der Waals surface area contributed by atoms with Crippen molar-refractivity contribution in [3.8, 4) is 0 Å². The standard InChI is InChI=1S/C12H16N2O4.C12H21NO3.C2H6/c1-10(17-9-15)18-12(16)14(2)8-6-11-5-3-4-7-13-11;1-4-10(14)16-11(9(2)3)12(15)13-7-5-6-8-13;1-2/h3-5,7,9-10H,6,8H2,1-2H3;9,11H,4-8H2,1-3H3;1-2H3. The molecule has 2 rings (SSSR count). The average molecular weight is 510 g/mol. The number of amides is 2. The molecule has 2 heterocycles. The summed E-state index contributed by atoms with van der Waals surface area (Å²) in [7, 11) is 1.61. The number of hydrogen-bond donors (Lipinski definition) is 0. The maximum absolute atomic E-state index is 12.1.